The molecule has 7 nitrogen and oxygen atoms in total. The lowest BCUT2D eigenvalue weighted by atomic mass is 10.2. The van der Waals surface area contributed by atoms with Gasteiger partial charge < -0.3 is 9.73 Å². The van der Waals surface area contributed by atoms with Gasteiger partial charge in [0, 0.05) is 6.07 Å². The number of halogens is 1. The predicted molar refractivity (Wildman–Crippen MR) is 68.4 cm³/mol. The van der Waals surface area contributed by atoms with Gasteiger partial charge >= 0.3 is 0 Å². The van der Waals surface area contributed by atoms with Gasteiger partial charge in [-0.05, 0) is 25.6 Å². The van der Waals surface area contributed by atoms with Crippen LogP contribution in [0, 0.1) is 15.9 Å². The molecule has 0 saturated carbocycles. The molecule has 1 N–H and O–H groups in total. The summed E-state index contributed by atoms with van der Waals surface area (Å²) in [6, 6.07) is 2.95. The molecule has 1 aromatic heterocycles. The fraction of sp³-hybridized carbons (Fsp3) is 0.333. The molecule has 0 radical (unpaired) electrons. The highest BCUT2D eigenvalue weighted by Crippen LogP contribution is 2.30. The summed E-state index contributed by atoms with van der Waals surface area (Å²) >= 11 is 0. The summed E-state index contributed by atoms with van der Waals surface area (Å²) in [5.74, 6) is -0.366. The Morgan fingerprint density at radius 1 is 1.50 bits per heavy atom. The third-order valence-electron chi connectivity index (χ3n) is 2.88. The topological polar surface area (TPSA) is 94.1 Å². The second-order valence-corrected chi connectivity index (χ2v) is 4.11. The Balaban J connectivity index is 2.46. The van der Waals surface area contributed by atoms with Crippen LogP contribution in [0.5, 0.6) is 0 Å². The fourth-order valence-corrected chi connectivity index (χ4v) is 1.83. The highest BCUT2D eigenvalue weighted by molar-refractivity contribution is 5.66. The molecule has 1 atom stereocenters. The maximum absolute atomic E-state index is 13.3. The van der Waals surface area contributed by atoms with Crippen molar-refractivity contribution < 1.29 is 13.7 Å². The van der Waals surface area contributed by atoms with Gasteiger partial charge in [0.2, 0.25) is 5.89 Å². The largest absolute Gasteiger partial charge is 0.419 e. The van der Waals surface area contributed by atoms with Crippen LogP contribution in [0.15, 0.2) is 22.6 Å². The number of nitrogens with one attached hydrogen (secondary N) is 1. The van der Waals surface area contributed by atoms with Gasteiger partial charge in [-0.15, -0.1) is 10.2 Å². The molecule has 8 heteroatoms. The van der Waals surface area contributed by atoms with Crippen LogP contribution < -0.4 is 5.32 Å². The summed E-state index contributed by atoms with van der Waals surface area (Å²) in [6.45, 7) is 1.93. The summed E-state index contributed by atoms with van der Waals surface area (Å²) in [4.78, 5) is 10.3. The van der Waals surface area contributed by atoms with Crippen LogP contribution in [-0.2, 0) is 0 Å². The second-order valence-electron chi connectivity index (χ2n) is 4.11. The molecule has 1 aromatic carbocycles. The van der Waals surface area contributed by atoms with Gasteiger partial charge in [-0.25, -0.2) is 4.39 Å². The van der Waals surface area contributed by atoms with E-state index in [2.05, 4.69) is 15.5 Å². The van der Waals surface area contributed by atoms with Crippen LogP contribution in [0.1, 0.15) is 25.3 Å². The van der Waals surface area contributed by atoms with Gasteiger partial charge in [-0.2, -0.15) is 0 Å². The molecule has 20 heavy (non-hydrogen) atoms. The molecule has 2 aromatic rings. The Morgan fingerprint density at radius 3 is 2.85 bits per heavy atom. The lowest BCUT2D eigenvalue weighted by molar-refractivity contribution is -0.384. The Hall–Kier alpha value is -2.35. The smallest absolute Gasteiger partial charge is 0.282 e. The number of nitro benzene ring substituents is 1. The zero-order valence-corrected chi connectivity index (χ0v) is 11.0. The number of rotatable bonds is 5. The van der Waals surface area contributed by atoms with E-state index >= 15 is 0 Å². The number of benzene rings is 1. The van der Waals surface area contributed by atoms with Crippen molar-refractivity contribution >= 4 is 5.69 Å². The van der Waals surface area contributed by atoms with E-state index < -0.39 is 10.7 Å². The van der Waals surface area contributed by atoms with E-state index in [1.165, 1.54) is 0 Å². The Labute approximate surface area is 114 Å². The average Bonchev–Trinajstić information content (AvgIpc) is 2.89. The van der Waals surface area contributed by atoms with Gasteiger partial charge in [-0.1, -0.05) is 6.92 Å². The van der Waals surface area contributed by atoms with Gasteiger partial charge in [0.25, 0.3) is 11.6 Å². The van der Waals surface area contributed by atoms with Gasteiger partial charge in [-0.3, -0.25) is 10.1 Å². The number of hydrogen-bond donors (Lipinski definition) is 1. The molecule has 0 aliphatic rings. The Morgan fingerprint density at radius 2 is 2.25 bits per heavy atom. The van der Waals surface area contributed by atoms with Gasteiger partial charge in [0.1, 0.15) is 11.4 Å². The molecule has 0 bridgehead atoms. The molecule has 0 amide bonds. The van der Waals surface area contributed by atoms with Crippen molar-refractivity contribution in [3.8, 4) is 11.5 Å². The molecule has 1 unspecified atom stereocenters. The van der Waals surface area contributed by atoms with E-state index in [9.17, 15) is 14.5 Å². The van der Waals surface area contributed by atoms with E-state index in [0.29, 0.717) is 12.3 Å². The standard InChI is InChI=1S/C12H13FN4O3/c1-3-9(14-2)12-16-15-11(20-12)8-6-7(13)4-5-10(8)17(18)19/h4-6,9,14H,3H2,1-2H3. The molecule has 0 fully saturated rings. The summed E-state index contributed by atoms with van der Waals surface area (Å²) in [5, 5.41) is 21.5. The maximum atomic E-state index is 13.3. The van der Waals surface area contributed by atoms with Crippen molar-refractivity contribution in [2.45, 2.75) is 19.4 Å². The third-order valence-corrected chi connectivity index (χ3v) is 2.88. The molecule has 0 spiro atoms. The van der Waals surface area contributed by atoms with Crippen molar-refractivity contribution in [1.29, 1.82) is 0 Å². The minimum atomic E-state index is -0.617. The van der Waals surface area contributed by atoms with Crippen LogP contribution in [0.4, 0.5) is 10.1 Å². The summed E-state index contributed by atoms with van der Waals surface area (Å²) in [7, 11) is 1.74. The molecule has 106 valence electrons. The SMILES string of the molecule is CCC(NC)c1nnc(-c2cc(F)ccc2[N+](=O)[O-])o1. The van der Waals surface area contributed by atoms with Crippen LogP contribution in [-0.4, -0.2) is 22.2 Å². The molecule has 0 aliphatic heterocycles. The van der Waals surface area contributed by atoms with Crippen LogP contribution in [0.25, 0.3) is 11.5 Å². The monoisotopic (exact) mass is 280 g/mol. The van der Waals surface area contributed by atoms with E-state index in [-0.39, 0.29) is 23.2 Å². The van der Waals surface area contributed by atoms with Crippen LogP contribution >= 0.6 is 0 Å². The molecule has 1 heterocycles. The lowest BCUT2D eigenvalue weighted by Crippen LogP contribution is -2.15. The molecule has 2 rings (SSSR count). The highest BCUT2D eigenvalue weighted by Gasteiger charge is 2.23. The zero-order valence-electron chi connectivity index (χ0n) is 11.0. The van der Waals surface area contributed by atoms with E-state index in [4.69, 9.17) is 4.42 Å². The summed E-state index contributed by atoms with van der Waals surface area (Å²) in [5.41, 5.74) is -0.307. The van der Waals surface area contributed by atoms with Crippen molar-refractivity contribution in [2.24, 2.45) is 0 Å². The Bertz CT molecular complexity index is 625. The first-order valence-corrected chi connectivity index (χ1v) is 6.01. The van der Waals surface area contributed by atoms with Crippen LogP contribution in [0.3, 0.4) is 0 Å². The lowest BCUT2D eigenvalue weighted by Gasteiger charge is -2.07. The first kappa shape index (κ1) is 14.1. The first-order valence-electron chi connectivity index (χ1n) is 6.01. The van der Waals surface area contributed by atoms with Crippen LogP contribution in [0.2, 0.25) is 0 Å². The average molecular weight is 280 g/mol. The van der Waals surface area contributed by atoms with Crippen molar-refractivity contribution in [3.05, 3.63) is 40.0 Å². The maximum Gasteiger partial charge on any atom is 0.282 e. The molecular formula is C12H13FN4O3. The summed E-state index contributed by atoms with van der Waals surface area (Å²) in [6.07, 6.45) is 0.712. The normalized spacial score (nSPS) is 12.3. The minimum Gasteiger partial charge on any atom is -0.419 e. The highest BCUT2D eigenvalue weighted by atomic mass is 19.1. The van der Waals surface area contributed by atoms with E-state index in [0.717, 1.165) is 18.2 Å². The van der Waals surface area contributed by atoms with Gasteiger partial charge in [0.15, 0.2) is 0 Å². The predicted octanol–water partition coefficient (Wildman–Crippen LogP) is 2.45. The Kier molecular flexibility index (Phi) is 4.04. The first-order chi connectivity index (χ1) is 9.56. The van der Waals surface area contributed by atoms with E-state index in [1.807, 2.05) is 6.92 Å². The van der Waals surface area contributed by atoms with Gasteiger partial charge in [0.05, 0.1) is 11.0 Å². The third kappa shape index (κ3) is 2.64. The summed E-state index contributed by atoms with van der Waals surface area (Å²) < 4.78 is 18.7. The molecule has 0 saturated heterocycles. The zero-order chi connectivity index (χ0) is 14.7. The number of nitro groups is 1. The molecule has 0 aliphatic carbocycles. The van der Waals surface area contributed by atoms with Crippen molar-refractivity contribution in [3.63, 3.8) is 0 Å². The number of nitrogens with zero attached hydrogens (tertiary/aromatic N) is 3. The quantitative estimate of drug-likeness (QED) is 0.667. The number of hydrogen-bond acceptors (Lipinski definition) is 6. The number of aromatic nitrogens is 2. The minimum absolute atomic E-state index is 0.0280. The van der Waals surface area contributed by atoms with Crippen molar-refractivity contribution in [1.82, 2.24) is 15.5 Å². The molecular weight excluding hydrogens is 267 g/mol. The fourth-order valence-electron chi connectivity index (χ4n) is 1.83. The second kappa shape index (κ2) is 5.74. The van der Waals surface area contributed by atoms with Crippen molar-refractivity contribution in [2.75, 3.05) is 7.05 Å². The van der Waals surface area contributed by atoms with E-state index in [1.54, 1.807) is 7.05 Å².